The third kappa shape index (κ3) is 4.14. The largest absolute Gasteiger partial charge is 0.324 e. The lowest BCUT2D eigenvalue weighted by atomic mass is 10.1. The molecule has 1 amide bonds. The Balaban J connectivity index is 1.43. The van der Waals surface area contributed by atoms with E-state index in [9.17, 15) is 4.79 Å². The van der Waals surface area contributed by atoms with Crippen LogP contribution in [0, 0.1) is 0 Å². The van der Waals surface area contributed by atoms with Gasteiger partial charge in [0, 0.05) is 12.7 Å². The number of carbonyl (C=O) groups is 1. The van der Waals surface area contributed by atoms with Crippen molar-refractivity contribution < 1.29 is 4.79 Å². The standard InChI is InChI=1S/C22H28N4O/c27-22-18-10-3-4-12-20(18)26(21-19(24-22)11-9-13-23-21)17-8-2-7-16-25-14-5-1-6-15-25/h3-4,9-13H,1-2,5-8,14-17H2,(H,24,27). The van der Waals surface area contributed by atoms with Crippen molar-refractivity contribution in [3.8, 4) is 0 Å². The van der Waals surface area contributed by atoms with Crippen LogP contribution in [0.25, 0.3) is 0 Å². The Morgan fingerprint density at radius 1 is 0.926 bits per heavy atom. The fourth-order valence-corrected chi connectivity index (χ4v) is 4.11. The number of amides is 1. The van der Waals surface area contributed by atoms with Gasteiger partial charge in [0.2, 0.25) is 0 Å². The van der Waals surface area contributed by atoms with Crippen LogP contribution in [0.5, 0.6) is 0 Å². The minimum absolute atomic E-state index is 0.0625. The summed E-state index contributed by atoms with van der Waals surface area (Å²) in [6.45, 7) is 4.62. The highest BCUT2D eigenvalue weighted by atomic mass is 16.1. The van der Waals surface area contributed by atoms with Gasteiger partial charge in [-0.15, -0.1) is 0 Å². The van der Waals surface area contributed by atoms with Gasteiger partial charge in [0.1, 0.15) is 0 Å². The molecule has 27 heavy (non-hydrogen) atoms. The van der Waals surface area contributed by atoms with Gasteiger partial charge in [-0.1, -0.05) is 25.0 Å². The Kier molecular flexibility index (Phi) is 5.68. The second-order valence-electron chi connectivity index (χ2n) is 7.46. The van der Waals surface area contributed by atoms with Crippen molar-refractivity contribution >= 4 is 23.1 Å². The molecular formula is C22H28N4O. The van der Waals surface area contributed by atoms with E-state index in [1.165, 1.54) is 51.7 Å². The molecule has 5 nitrogen and oxygen atoms in total. The Morgan fingerprint density at radius 2 is 1.74 bits per heavy atom. The normalized spacial score (nSPS) is 17.0. The van der Waals surface area contributed by atoms with Crippen LogP contribution in [-0.4, -0.2) is 42.0 Å². The topological polar surface area (TPSA) is 48.5 Å². The number of aromatic nitrogens is 1. The van der Waals surface area contributed by atoms with Gasteiger partial charge in [0.05, 0.1) is 16.9 Å². The molecular weight excluding hydrogens is 336 g/mol. The molecule has 1 aromatic heterocycles. The summed E-state index contributed by atoms with van der Waals surface area (Å²) in [4.78, 5) is 22.0. The van der Waals surface area contributed by atoms with E-state index >= 15 is 0 Å². The predicted octanol–water partition coefficient (Wildman–Crippen LogP) is 4.44. The monoisotopic (exact) mass is 364 g/mol. The number of nitrogens with one attached hydrogen (secondary N) is 1. The van der Waals surface area contributed by atoms with Gasteiger partial charge in [0.15, 0.2) is 5.82 Å². The predicted molar refractivity (Wildman–Crippen MR) is 110 cm³/mol. The summed E-state index contributed by atoms with van der Waals surface area (Å²) in [7, 11) is 0. The molecule has 0 unspecified atom stereocenters. The molecule has 1 fully saturated rings. The minimum Gasteiger partial charge on any atom is -0.324 e. The first-order valence-corrected chi connectivity index (χ1v) is 10.2. The van der Waals surface area contributed by atoms with Crippen LogP contribution in [0.4, 0.5) is 17.2 Å². The molecule has 0 bridgehead atoms. The first kappa shape index (κ1) is 18.0. The van der Waals surface area contributed by atoms with Gasteiger partial charge in [-0.3, -0.25) is 4.79 Å². The molecule has 0 aliphatic carbocycles. The lowest BCUT2D eigenvalue weighted by Crippen LogP contribution is -2.30. The molecule has 0 spiro atoms. The number of carbonyl (C=O) groups excluding carboxylic acids is 1. The Hall–Kier alpha value is -2.40. The molecule has 4 rings (SSSR count). The van der Waals surface area contributed by atoms with Crippen LogP contribution in [0.15, 0.2) is 42.6 Å². The summed E-state index contributed by atoms with van der Waals surface area (Å²) in [6, 6.07) is 11.6. The summed E-state index contributed by atoms with van der Waals surface area (Å²) in [5.74, 6) is 0.777. The van der Waals surface area contributed by atoms with Gasteiger partial charge < -0.3 is 15.1 Å². The minimum atomic E-state index is -0.0625. The summed E-state index contributed by atoms with van der Waals surface area (Å²) in [5, 5.41) is 3.00. The smallest absolute Gasteiger partial charge is 0.257 e. The maximum absolute atomic E-state index is 12.6. The number of unbranched alkanes of at least 4 members (excludes halogenated alkanes) is 2. The molecule has 0 radical (unpaired) electrons. The number of hydrogen-bond donors (Lipinski definition) is 1. The zero-order valence-corrected chi connectivity index (χ0v) is 15.9. The van der Waals surface area contributed by atoms with E-state index in [-0.39, 0.29) is 5.91 Å². The molecule has 2 aliphatic rings. The first-order valence-electron chi connectivity index (χ1n) is 10.2. The SMILES string of the molecule is O=C1Nc2cccnc2N(CCCCCN2CCCCC2)c2ccccc21. The second kappa shape index (κ2) is 8.53. The first-order chi connectivity index (χ1) is 13.3. The number of nitrogens with zero attached hydrogens (tertiary/aromatic N) is 3. The number of para-hydroxylation sites is 1. The molecule has 2 aliphatic heterocycles. The van der Waals surface area contributed by atoms with Crippen molar-refractivity contribution in [3.05, 3.63) is 48.2 Å². The lowest BCUT2D eigenvalue weighted by Gasteiger charge is -2.27. The van der Waals surface area contributed by atoms with Gasteiger partial charge in [-0.2, -0.15) is 0 Å². The maximum Gasteiger partial charge on any atom is 0.257 e. The molecule has 1 saturated heterocycles. The molecule has 1 aromatic carbocycles. The molecule has 5 heteroatoms. The lowest BCUT2D eigenvalue weighted by molar-refractivity contribution is 0.102. The molecule has 1 N–H and O–H groups in total. The number of piperidine rings is 1. The Bertz CT molecular complexity index is 785. The fraction of sp³-hybridized carbons (Fsp3) is 0.455. The van der Waals surface area contributed by atoms with E-state index < -0.39 is 0 Å². The van der Waals surface area contributed by atoms with Gasteiger partial charge >= 0.3 is 0 Å². The number of fused-ring (bicyclic) bond motifs is 2. The third-order valence-corrected chi connectivity index (χ3v) is 5.53. The van der Waals surface area contributed by atoms with Crippen molar-refractivity contribution in [2.45, 2.75) is 38.5 Å². The summed E-state index contributed by atoms with van der Waals surface area (Å²) in [6.07, 6.45) is 9.42. The van der Waals surface area contributed by atoms with E-state index in [1.54, 1.807) is 6.20 Å². The van der Waals surface area contributed by atoms with Gasteiger partial charge in [0.25, 0.3) is 5.91 Å². The average molecular weight is 364 g/mol. The Labute approximate surface area is 161 Å². The van der Waals surface area contributed by atoms with Crippen molar-refractivity contribution in [1.82, 2.24) is 9.88 Å². The van der Waals surface area contributed by atoms with Gasteiger partial charge in [-0.05, 0) is 69.6 Å². The van der Waals surface area contributed by atoms with E-state index in [0.29, 0.717) is 5.56 Å². The zero-order chi connectivity index (χ0) is 18.5. The molecule has 142 valence electrons. The van der Waals surface area contributed by atoms with Crippen LogP contribution in [0.1, 0.15) is 48.9 Å². The number of likely N-dealkylation sites (tertiary alicyclic amines) is 1. The highest BCUT2D eigenvalue weighted by Gasteiger charge is 2.25. The Morgan fingerprint density at radius 3 is 2.63 bits per heavy atom. The molecule has 0 saturated carbocycles. The quantitative estimate of drug-likeness (QED) is 0.770. The zero-order valence-electron chi connectivity index (χ0n) is 15.9. The van der Waals surface area contributed by atoms with Crippen LogP contribution >= 0.6 is 0 Å². The van der Waals surface area contributed by atoms with Crippen LogP contribution < -0.4 is 10.2 Å². The number of rotatable bonds is 6. The molecule has 2 aromatic rings. The second-order valence-corrected chi connectivity index (χ2v) is 7.46. The van der Waals surface area contributed by atoms with Crippen molar-refractivity contribution in [2.24, 2.45) is 0 Å². The van der Waals surface area contributed by atoms with E-state index in [0.717, 1.165) is 30.2 Å². The highest BCUT2D eigenvalue weighted by molar-refractivity contribution is 6.11. The summed E-state index contributed by atoms with van der Waals surface area (Å²) >= 11 is 0. The molecule has 0 atom stereocenters. The van der Waals surface area contributed by atoms with Crippen molar-refractivity contribution in [3.63, 3.8) is 0 Å². The van der Waals surface area contributed by atoms with Crippen LogP contribution in [0.2, 0.25) is 0 Å². The number of hydrogen-bond acceptors (Lipinski definition) is 4. The summed E-state index contributed by atoms with van der Waals surface area (Å²) in [5.41, 5.74) is 2.44. The van der Waals surface area contributed by atoms with Crippen LogP contribution in [-0.2, 0) is 0 Å². The van der Waals surface area contributed by atoms with Crippen molar-refractivity contribution in [2.75, 3.05) is 36.4 Å². The highest BCUT2D eigenvalue weighted by Crippen LogP contribution is 2.36. The fourth-order valence-electron chi connectivity index (χ4n) is 4.11. The van der Waals surface area contributed by atoms with E-state index in [4.69, 9.17) is 0 Å². The van der Waals surface area contributed by atoms with Gasteiger partial charge in [-0.25, -0.2) is 4.98 Å². The van der Waals surface area contributed by atoms with E-state index in [2.05, 4.69) is 20.1 Å². The maximum atomic E-state index is 12.6. The molecule has 3 heterocycles. The summed E-state index contributed by atoms with van der Waals surface area (Å²) < 4.78 is 0. The van der Waals surface area contributed by atoms with Crippen molar-refractivity contribution in [1.29, 1.82) is 0 Å². The number of benzene rings is 1. The number of anilines is 3. The van der Waals surface area contributed by atoms with Crippen LogP contribution in [0.3, 0.4) is 0 Å². The van der Waals surface area contributed by atoms with E-state index in [1.807, 2.05) is 36.4 Å². The average Bonchev–Trinajstić information content (AvgIpc) is 2.83. The number of pyridine rings is 1. The third-order valence-electron chi connectivity index (χ3n) is 5.53.